The quantitative estimate of drug-likeness (QED) is 0.836. The Bertz CT molecular complexity index is 381. The fourth-order valence-electron chi connectivity index (χ4n) is 2.43. The van der Waals surface area contributed by atoms with E-state index in [-0.39, 0.29) is 6.61 Å². The number of aliphatic hydroxyl groups is 2. The van der Waals surface area contributed by atoms with E-state index in [2.05, 4.69) is 14.8 Å². The first-order chi connectivity index (χ1) is 9.20. The second-order valence-corrected chi connectivity index (χ2v) is 5.02. The van der Waals surface area contributed by atoms with Crippen LogP contribution in [0.15, 0.2) is 18.3 Å². The lowest BCUT2D eigenvalue weighted by atomic mass is 10.2. The highest BCUT2D eigenvalue weighted by Crippen LogP contribution is 2.18. The Morgan fingerprint density at radius 2 is 2.11 bits per heavy atom. The van der Waals surface area contributed by atoms with Gasteiger partial charge < -0.3 is 15.1 Å². The van der Waals surface area contributed by atoms with Crippen molar-refractivity contribution >= 4 is 5.69 Å². The Morgan fingerprint density at radius 1 is 1.26 bits per heavy atom. The Labute approximate surface area is 114 Å². The van der Waals surface area contributed by atoms with Crippen LogP contribution in [0, 0.1) is 0 Å². The molecule has 2 rings (SSSR count). The number of pyridine rings is 1. The highest BCUT2D eigenvalue weighted by Gasteiger charge is 2.15. The lowest BCUT2D eigenvalue weighted by molar-refractivity contribution is 0.194. The molecule has 5 heteroatoms. The molecule has 106 valence electrons. The third kappa shape index (κ3) is 3.89. The van der Waals surface area contributed by atoms with Crippen LogP contribution in [0.3, 0.4) is 0 Å². The van der Waals surface area contributed by atoms with Gasteiger partial charge in [-0.3, -0.25) is 9.88 Å². The summed E-state index contributed by atoms with van der Waals surface area (Å²) in [7, 11) is 0. The molecule has 19 heavy (non-hydrogen) atoms. The average molecular weight is 265 g/mol. The normalized spacial score (nSPS) is 19.2. The van der Waals surface area contributed by atoms with Gasteiger partial charge in [-0.05, 0) is 32.0 Å². The van der Waals surface area contributed by atoms with E-state index in [1.165, 1.54) is 0 Å². The Kier molecular flexibility index (Phi) is 5.13. The zero-order valence-electron chi connectivity index (χ0n) is 11.5. The number of nitrogens with zero attached hydrogens (tertiary/aromatic N) is 3. The van der Waals surface area contributed by atoms with Crippen molar-refractivity contribution in [2.75, 3.05) is 44.2 Å². The van der Waals surface area contributed by atoms with E-state index in [1.54, 1.807) is 6.92 Å². The first-order valence-electron chi connectivity index (χ1n) is 6.93. The predicted octanol–water partition coefficient (Wildman–Crippen LogP) is 0.639. The first kappa shape index (κ1) is 14.2. The van der Waals surface area contributed by atoms with Crippen molar-refractivity contribution in [1.29, 1.82) is 0 Å². The Hall–Kier alpha value is -1.17. The van der Waals surface area contributed by atoms with Crippen LogP contribution in [0.1, 0.15) is 25.1 Å². The fourth-order valence-corrected chi connectivity index (χ4v) is 2.43. The lowest BCUT2D eigenvalue weighted by Crippen LogP contribution is -2.32. The molecule has 1 aromatic rings. The minimum Gasteiger partial charge on any atom is -0.395 e. The summed E-state index contributed by atoms with van der Waals surface area (Å²) < 4.78 is 0. The zero-order valence-corrected chi connectivity index (χ0v) is 11.5. The predicted molar refractivity (Wildman–Crippen MR) is 75.2 cm³/mol. The summed E-state index contributed by atoms with van der Waals surface area (Å²) in [6, 6.07) is 3.91. The molecule has 5 nitrogen and oxygen atoms in total. The van der Waals surface area contributed by atoms with Gasteiger partial charge in [-0.15, -0.1) is 0 Å². The van der Waals surface area contributed by atoms with Crippen molar-refractivity contribution in [1.82, 2.24) is 9.88 Å². The molecule has 1 aliphatic rings. The summed E-state index contributed by atoms with van der Waals surface area (Å²) in [5.74, 6) is 0. The summed E-state index contributed by atoms with van der Waals surface area (Å²) >= 11 is 0. The van der Waals surface area contributed by atoms with Crippen molar-refractivity contribution in [2.24, 2.45) is 0 Å². The van der Waals surface area contributed by atoms with Gasteiger partial charge >= 0.3 is 0 Å². The number of rotatable bonds is 4. The molecule has 0 spiro atoms. The second-order valence-electron chi connectivity index (χ2n) is 5.02. The van der Waals surface area contributed by atoms with Gasteiger partial charge in [0, 0.05) is 26.2 Å². The molecule has 1 atom stereocenters. The average Bonchev–Trinajstić information content (AvgIpc) is 2.65. The van der Waals surface area contributed by atoms with Crippen LogP contribution in [-0.2, 0) is 0 Å². The molecule has 1 aliphatic heterocycles. The van der Waals surface area contributed by atoms with E-state index < -0.39 is 6.10 Å². The van der Waals surface area contributed by atoms with Crippen molar-refractivity contribution in [3.8, 4) is 0 Å². The second kappa shape index (κ2) is 6.84. The van der Waals surface area contributed by atoms with E-state index in [9.17, 15) is 5.11 Å². The number of aromatic nitrogens is 1. The third-order valence-electron chi connectivity index (χ3n) is 3.57. The molecule has 0 aliphatic carbocycles. The monoisotopic (exact) mass is 265 g/mol. The standard InChI is InChI=1S/C14H23N3O2/c1-12(19)14-4-3-13(11-15-14)17-6-2-5-16(7-8-17)9-10-18/h3-4,11-12,18-19H,2,5-10H2,1H3/t12-/m0/s1. The van der Waals surface area contributed by atoms with Crippen molar-refractivity contribution < 1.29 is 10.2 Å². The molecule has 1 aromatic heterocycles. The molecular formula is C14H23N3O2. The third-order valence-corrected chi connectivity index (χ3v) is 3.57. The van der Waals surface area contributed by atoms with Crippen LogP contribution in [-0.4, -0.2) is 59.4 Å². The van der Waals surface area contributed by atoms with Gasteiger partial charge in [0.15, 0.2) is 0 Å². The molecule has 1 fully saturated rings. The van der Waals surface area contributed by atoms with Crippen LogP contribution in [0.25, 0.3) is 0 Å². The fraction of sp³-hybridized carbons (Fsp3) is 0.643. The first-order valence-corrected chi connectivity index (χ1v) is 6.93. The molecule has 0 unspecified atom stereocenters. The van der Waals surface area contributed by atoms with Gasteiger partial charge in [-0.25, -0.2) is 0 Å². The molecule has 0 saturated carbocycles. The van der Waals surface area contributed by atoms with Crippen LogP contribution >= 0.6 is 0 Å². The molecule has 0 aromatic carbocycles. The largest absolute Gasteiger partial charge is 0.395 e. The van der Waals surface area contributed by atoms with E-state index in [1.807, 2.05) is 18.3 Å². The molecule has 0 amide bonds. The molecular weight excluding hydrogens is 242 g/mol. The summed E-state index contributed by atoms with van der Waals surface area (Å²) in [6.07, 6.45) is 2.42. The maximum Gasteiger partial charge on any atom is 0.0931 e. The van der Waals surface area contributed by atoms with E-state index >= 15 is 0 Å². The summed E-state index contributed by atoms with van der Waals surface area (Å²) in [6.45, 7) is 6.68. The zero-order chi connectivity index (χ0) is 13.7. The van der Waals surface area contributed by atoms with Crippen molar-refractivity contribution in [3.05, 3.63) is 24.0 Å². The van der Waals surface area contributed by atoms with Gasteiger partial charge in [0.05, 0.1) is 30.3 Å². The lowest BCUT2D eigenvalue weighted by Gasteiger charge is -2.23. The van der Waals surface area contributed by atoms with E-state index in [0.717, 1.165) is 44.8 Å². The topological polar surface area (TPSA) is 59.8 Å². The van der Waals surface area contributed by atoms with E-state index in [0.29, 0.717) is 5.69 Å². The Morgan fingerprint density at radius 3 is 2.74 bits per heavy atom. The highest BCUT2D eigenvalue weighted by molar-refractivity contribution is 5.44. The molecule has 2 heterocycles. The van der Waals surface area contributed by atoms with Gasteiger partial charge in [0.2, 0.25) is 0 Å². The van der Waals surface area contributed by atoms with Crippen LogP contribution in [0.5, 0.6) is 0 Å². The van der Waals surface area contributed by atoms with Crippen molar-refractivity contribution in [3.63, 3.8) is 0 Å². The number of β-amino-alcohol motifs (C(OH)–C–C–N with tert-alkyl or cyclic N) is 1. The van der Waals surface area contributed by atoms with Crippen molar-refractivity contribution in [2.45, 2.75) is 19.4 Å². The van der Waals surface area contributed by atoms with E-state index in [4.69, 9.17) is 5.11 Å². The number of aliphatic hydroxyl groups excluding tert-OH is 2. The number of hydrogen-bond acceptors (Lipinski definition) is 5. The Balaban J connectivity index is 1.97. The summed E-state index contributed by atoms with van der Waals surface area (Å²) in [5.41, 5.74) is 1.82. The number of hydrogen-bond donors (Lipinski definition) is 2. The molecule has 1 saturated heterocycles. The number of anilines is 1. The van der Waals surface area contributed by atoms with Gasteiger partial charge in [-0.2, -0.15) is 0 Å². The molecule has 2 N–H and O–H groups in total. The van der Waals surface area contributed by atoms with Crippen LogP contribution in [0.2, 0.25) is 0 Å². The smallest absolute Gasteiger partial charge is 0.0931 e. The highest BCUT2D eigenvalue weighted by atomic mass is 16.3. The summed E-state index contributed by atoms with van der Waals surface area (Å²) in [5, 5.41) is 18.4. The van der Waals surface area contributed by atoms with Gasteiger partial charge in [0.1, 0.15) is 0 Å². The van der Waals surface area contributed by atoms with Crippen LogP contribution < -0.4 is 4.90 Å². The minimum atomic E-state index is -0.516. The maximum absolute atomic E-state index is 9.46. The van der Waals surface area contributed by atoms with Gasteiger partial charge in [0.25, 0.3) is 0 Å². The van der Waals surface area contributed by atoms with Crippen LogP contribution in [0.4, 0.5) is 5.69 Å². The molecule has 0 bridgehead atoms. The maximum atomic E-state index is 9.46. The molecule has 0 radical (unpaired) electrons. The minimum absolute atomic E-state index is 0.227. The summed E-state index contributed by atoms with van der Waals surface area (Å²) in [4.78, 5) is 8.90. The van der Waals surface area contributed by atoms with Gasteiger partial charge in [-0.1, -0.05) is 0 Å². The SMILES string of the molecule is C[C@H](O)c1ccc(N2CCCN(CCO)CC2)cn1.